The molecule has 1 aliphatic heterocycles. The summed E-state index contributed by atoms with van der Waals surface area (Å²) in [5.74, 6) is 0.347. The van der Waals surface area contributed by atoms with Crippen LogP contribution in [0.15, 0.2) is 24.3 Å². The molecule has 106 valence electrons. The van der Waals surface area contributed by atoms with Gasteiger partial charge in [-0.1, -0.05) is 19.1 Å². The van der Waals surface area contributed by atoms with Crippen molar-refractivity contribution in [3.63, 3.8) is 0 Å². The predicted molar refractivity (Wildman–Crippen MR) is 77.4 cm³/mol. The number of piperidine rings is 1. The van der Waals surface area contributed by atoms with E-state index in [2.05, 4.69) is 24.8 Å². The minimum atomic E-state index is 0.333. The van der Waals surface area contributed by atoms with Crippen LogP contribution in [0.25, 0.3) is 0 Å². The van der Waals surface area contributed by atoms with Gasteiger partial charge in [-0.15, -0.1) is 0 Å². The van der Waals surface area contributed by atoms with Gasteiger partial charge in [-0.2, -0.15) is 0 Å². The number of likely N-dealkylation sites (tertiary alicyclic amines) is 1. The van der Waals surface area contributed by atoms with Crippen LogP contribution in [0.2, 0.25) is 0 Å². The molecule has 0 saturated carbocycles. The van der Waals surface area contributed by atoms with E-state index in [1.165, 1.54) is 18.4 Å². The van der Waals surface area contributed by atoms with Gasteiger partial charge in [0, 0.05) is 19.2 Å². The summed E-state index contributed by atoms with van der Waals surface area (Å²) >= 11 is 0. The molecule has 1 aromatic rings. The number of phenolic OH excluding ortho intramolecular Hbond substituents is 1. The Kier molecular flexibility index (Phi) is 5.23. The molecule has 0 spiro atoms. The van der Waals surface area contributed by atoms with E-state index in [1.54, 1.807) is 6.07 Å². The molecule has 0 aliphatic carbocycles. The zero-order valence-corrected chi connectivity index (χ0v) is 12.0. The molecule has 19 heavy (non-hydrogen) atoms. The molecule has 3 heteroatoms. The van der Waals surface area contributed by atoms with Crippen LogP contribution >= 0.6 is 0 Å². The highest BCUT2D eigenvalue weighted by atomic mass is 16.5. The van der Waals surface area contributed by atoms with E-state index >= 15 is 0 Å². The van der Waals surface area contributed by atoms with Crippen LogP contribution in [0, 0.1) is 0 Å². The second-order valence-corrected chi connectivity index (χ2v) is 5.40. The molecule has 1 aliphatic rings. The van der Waals surface area contributed by atoms with Crippen molar-refractivity contribution in [3.8, 4) is 5.75 Å². The maximum absolute atomic E-state index is 9.59. The van der Waals surface area contributed by atoms with Crippen molar-refractivity contribution in [1.82, 2.24) is 4.90 Å². The topological polar surface area (TPSA) is 32.7 Å². The van der Waals surface area contributed by atoms with Gasteiger partial charge < -0.3 is 9.84 Å². The van der Waals surface area contributed by atoms with Gasteiger partial charge in [-0.3, -0.25) is 4.90 Å². The summed E-state index contributed by atoms with van der Waals surface area (Å²) in [4.78, 5) is 2.46. The number of rotatable bonds is 5. The van der Waals surface area contributed by atoms with E-state index < -0.39 is 0 Å². The second-order valence-electron chi connectivity index (χ2n) is 5.40. The molecule has 0 bridgehead atoms. The summed E-state index contributed by atoms with van der Waals surface area (Å²) < 4.78 is 5.88. The lowest BCUT2D eigenvalue weighted by Gasteiger charge is -2.36. The Balaban J connectivity index is 1.96. The van der Waals surface area contributed by atoms with Gasteiger partial charge in [0.15, 0.2) is 0 Å². The van der Waals surface area contributed by atoms with Gasteiger partial charge in [0.2, 0.25) is 0 Å². The molecule has 1 fully saturated rings. The van der Waals surface area contributed by atoms with Crippen LogP contribution in [-0.2, 0) is 4.74 Å². The van der Waals surface area contributed by atoms with Crippen LogP contribution in [0.5, 0.6) is 5.75 Å². The van der Waals surface area contributed by atoms with E-state index in [1.807, 2.05) is 12.1 Å². The van der Waals surface area contributed by atoms with Gasteiger partial charge in [0.05, 0.1) is 6.10 Å². The molecule has 0 aromatic heterocycles. The van der Waals surface area contributed by atoms with Crippen LogP contribution in [0.4, 0.5) is 0 Å². The highest BCUT2D eigenvalue weighted by molar-refractivity contribution is 5.29. The van der Waals surface area contributed by atoms with Crippen LogP contribution in [0.1, 0.15) is 44.7 Å². The van der Waals surface area contributed by atoms with Crippen LogP contribution in [-0.4, -0.2) is 35.8 Å². The third kappa shape index (κ3) is 3.95. The minimum Gasteiger partial charge on any atom is -0.508 e. The van der Waals surface area contributed by atoms with Gasteiger partial charge in [0.1, 0.15) is 5.75 Å². The average Bonchev–Trinajstić information content (AvgIpc) is 2.44. The number of nitrogens with zero attached hydrogens (tertiary/aromatic N) is 1. The molecule has 2 atom stereocenters. The van der Waals surface area contributed by atoms with Crippen molar-refractivity contribution >= 4 is 0 Å². The Hall–Kier alpha value is -1.06. The summed E-state index contributed by atoms with van der Waals surface area (Å²) in [7, 11) is 0. The third-order valence-electron chi connectivity index (χ3n) is 3.87. The SMILES string of the molecule is CCCOC1CCCN(C(C)c2cccc(O)c2)C1. The lowest BCUT2D eigenvalue weighted by molar-refractivity contribution is -0.0107. The highest BCUT2D eigenvalue weighted by Crippen LogP contribution is 2.27. The summed E-state index contributed by atoms with van der Waals surface area (Å²) in [6.07, 6.45) is 3.81. The molecule has 1 heterocycles. The summed E-state index contributed by atoms with van der Waals surface area (Å²) in [5, 5.41) is 9.59. The fourth-order valence-electron chi connectivity index (χ4n) is 2.73. The average molecular weight is 263 g/mol. The molecule has 1 saturated heterocycles. The summed E-state index contributed by atoms with van der Waals surface area (Å²) in [6.45, 7) is 7.32. The lowest BCUT2D eigenvalue weighted by atomic mass is 10.0. The Morgan fingerprint density at radius 3 is 3.05 bits per heavy atom. The first-order valence-electron chi connectivity index (χ1n) is 7.35. The number of aromatic hydroxyl groups is 1. The first-order valence-corrected chi connectivity index (χ1v) is 7.35. The Labute approximate surface area is 116 Å². The zero-order valence-electron chi connectivity index (χ0n) is 12.0. The van der Waals surface area contributed by atoms with Crippen molar-refractivity contribution in [2.75, 3.05) is 19.7 Å². The van der Waals surface area contributed by atoms with Crippen molar-refractivity contribution < 1.29 is 9.84 Å². The van der Waals surface area contributed by atoms with Crippen molar-refractivity contribution in [3.05, 3.63) is 29.8 Å². The van der Waals surface area contributed by atoms with E-state index in [0.29, 0.717) is 17.9 Å². The van der Waals surface area contributed by atoms with E-state index in [4.69, 9.17) is 4.74 Å². The minimum absolute atomic E-state index is 0.333. The quantitative estimate of drug-likeness (QED) is 0.884. The largest absolute Gasteiger partial charge is 0.508 e. The van der Waals surface area contributed by atoms with E-state index in [-0.39, 0.29) is 0 Å². The number of ether oxygens (including phenoxy) is 1. The first kappa shape index (κ1) is 14.4. The molecular formula is C16H25NO2. The van der Waals surface area contributed by atoms with Crippen LogP contribution in [0.3, 0.4) is 0 Å². The fraction of sp³-hybridized carbons (Fsp3) is 0.625. The van der Waals surface area contributed by atoms with Gasteiger partial charge in [-0.25, -0.2) is 0 Å². The van der Waals surface area contributed by atoms with Gasteiger partial charge in [0.25, 0.3) is 0 Å². The number of benzene rings is 1. The monoisotopic (exact) mass is 263 g/mol. The van der Waals surface area contributed by atoms with E-state index in [0.717, 1.165) is 26.1 Å². The normalized spacial score (nSPS) is 22.3. The fourth-order valence-corrected chi connectivity index (χ4v) is 2.73. The maximum Gasteiger partial charge on any atom is 0.115 e. The smallest absolute Gasteiger partial charge is 0.115 e. The summed E-state index contributed by atoms with van der Waals surface area (Å²) in [5.41, 5.74) is 1.18. The van der Waals surface area contributed by atoms with Crippen LogP contribution < -0.4 is 0 Å². The molecular weight excluding hydrogens is 238 g/mol. The third-order valence-corrected chi connectivity index (χ3v) is 3.87. The highest BCUT2D eigenvalue weighted by Gasteiger charge is 2.24. The molecule has 2 rings (SSSR count). The standard InChI is InChI=1S/C16H25NO2/c1-3-10-19-16-8-5-9-17(12-16)13(2)14-6-4-7-15(18)11-14/h4,6-7,11,13,16,18H,3,5,8-10,12H2,1-2H3. The molecule has 0 amide bonds. The molecule has 2 unspecified atom stereocenters. The predicted octanol–water partition coefficient (Wildman–Crippen LogP) is 3.34. The molecule has 1 aromatic carbocycles. The number of phenols is 1. The summed E-state index contributed by atoms with van der Waals surface area (Å²) in [6, 6.07) is 7.91. The zero-order chi connectivity index (χ0) is 13.7. The van der Waals surface area contributed by atoms with Gasteiger partial charge >= 0.3 is 0 Å². The van der Waals surface area contributed by atoms with Crippen molar-refractivity contribution in [2.45, 2.75) is 45.3 Å². The Morgan fingerprint density at radius 1 is 1.47 bits per heavy atom. The van der Waals surface area contributed by atoms with Crippen molar-refractivity contribution in [1.29, 1.82) is 0 Å². The maximum atomic E-state index is 9.59. The molecule has 3 nitrogen and oxygen atoms in total. The van der Waals surface area contributed by atoms with Gasteiger partial charge in [-0.05, 0) is 50.4 Å². The molecule has 1 N–H and O–H groups in total. The Morgan fingerprint density at radius 2 is 2.32 bits per heavy atom. The van der Waals surface area contributed by atoms with Crippen molar-refractivity contribution in [2.24, 2.45) is 0 Å². The van der Waals surface area contributed by atoms with E-state index in [9.17, 15) is 5.11 Å². The second kappa shape index (κ2) is 6.92. The molecule has 0 radical (unpaired) electrons. The number of hydrogen-bond acceptors (Lipinski definition) is 3. The lowest BCUT2D eigenvalue weighted by Crippen LogP contribution is -2.41. The Bertz CT molecular complexity index is 394. The number of hydrogen-bond donors (Lipinski definition) is 1. The first-order chi connectivity index (χ1) is 9.20.